The highest BCUT2D eigenvalue weighted by Crippen LogP contribution is 2.34. The number of carbonyl (C=O) groups is 1. The normalized spacial score (nSPS) is 10.9. The zero-order valence-corrected chi connectivity index (χ0v) is 21.4. The van der Waals surface area contributed by atoms with Crippen LogP contribution in [-0.4, -0.2) is 36.6 Å². The number of alkyl halides is 3. The summed E-state index contributed by atoms with van der Waals surface area (Å²) in [6.45, 7) is 2.03. The van der Waals surface area contributed by atoms with Crippen molar-refractivity contribution >= 4 is 21.7 Å². The maximum absolute atomic E-state index is 12.7. The van der Waals surface area contributed by atoms with Crippen molar-refractivity contribution in [3.05, 3.63) is 120 Å². The van der Waals surface area contributed by atoms with Crippen molar-refractivity contribution in [1.29, 1.82) is 0 Å². The van der Waals surface area contributed by atoms with E-state index in [0.29, 0.717) is 11.3 Å². The molecule has 11 heteroatoms. The summed E-state index contributed by atoms with van der Waals surface area (Å²) >= 11 is 3.25. The van der Waals surface area contributed by atoms with Gasteiger partial charge in [-0.05, 0) is 70.4 Å². The molecule has 0 radical (unpaired) electrons. The van der Waals surface area contributed by atoms with Crippen molar-refractivity contribution in [3.63, 3.8) is 0 Å². The van der Waals surface area contributed by atoms with Gasteiger partial charge in [-0.1, -0.05) is 30.3 Å². The molecule has 0 saturated heterocycles. The molecule has 0 saturated carbocycles. The molecule has 5 aromatic rings. The number of ether oxygens (including phenoxy) is 1. The number of ketones is 1. The van der Waals surface area contributed by atoms with E-state index in [2.05, 4.69) is 40.6 Å². The molecule has 3 heterocycles. The zero-order chi connectivity index (χ0) is 27.1. The summed E-state index contributed by atoms with van der Waals surface area (Å²) in [5, 5.41) is 0. The molecule has 0 amide bonds. The Bertz CT molecular complexity index is 1520. The lowest BCUT2D eigenvalue weighted by Gasteiger charge is -2.14. The molecule has 38 heavy (non-hydrogen) atoms. The zero-order valence-electron chi connectivity index (χ0n) is 19.8. The van der Waals surface area contributed by atoms with E-state index >= 15 is 0 Å². The number of rotatable bonds is 5. The maximum atomic E-state index is 12.7. The van der Waals surface area contributed by atoms with Gasteiger partial charge in [-0.15, -0.1) is 13.2 Å². The molecule has 0 unspecified atom stereocenters. The van der Waals surface area contributed by atoms with E-state index in [9.17, 15) is 18.0 Å². The summed E-state index contributed by atoms with van der Waals surface area (Å²) in [5.41, 5.74) is 2.78. The Kier molecular flexibility index (Phi) is 8.27. The largest absolute Gasteiger partial charge is 0.573 e. The van der Waals surface area contributed by atoms with Crippen LogP contribution in [0, 0.1) is 6.92 Å². The van der Waals surface area contributed by atoms with Crippen LogP contribution < -0.4 is 4.74 Å². The van der Waals surface area contributed by atoms with Crippen LogP contribution in [0.25, 0.3) is 16.8 Å². The first-order valence-electron chi connectivity index (χ1n) is 11.1. The first-order chi connectivity index (χ1) is 18.2. The molecule has 2 aromatic carbocycles. The summed E-state index contributed by atoms with van der Waals surface area (Å²) in [4.78, 5) is 28.3. The molecule has 3 aromatic heterocycles. The summed E-state index contributed by atoms with van der Waals surface area (Å²) in [6.07, 6.45) is 2.85. The van der Waals surface area contributed by atoms with Gasteiger partial charge in [0.15, 0.2) is 0 Å². The number of para-hydroxylation sites is 1. The van der Waals surface area contributed by atoms with Gasteiger partial charge < -0.3 is 9.30 Å². The number of carbonyl (C=O) groups excluding carboxylic acids is 1. The Hall–Kier alpha value is -4.38. The second-order valence-electron chi connectivity index (χ2n) is 7.82. The van der Waals surface area contributed by atoms with Crippen molar-refractivity contribution in [2.45, 2.75) is 13.3 Å². The van der Waals surface area contributed by atoms with Gasteiger partial charge >= 0.3 is 6.36 Å². The monoisotopic (exact) mass is 581 g/mol. The van der Waals surface area contributed by atoms with Crippen LogP contribution in [0.2, 0.25) is 0 Å². The lowest BCUT2D eigenvalue weighted by atomic mass is 10.0. The standard InChI is InChI=1S/C21H13F3N4O2.C6H6BrN/c22-21(23,24)30-18-8-2-1-7-16(18)14-5-3-6-15(11-14)28-12-17(27-13-28)19(29)20-25-9-4-10-26-20;1-5-2-3-8-6(7)4-5/h1-13H;2-4H,1H3. The van der Waals surface area contributed by atoms with Crippen LogP contribution in [-0.2, 0) is 0 Å². The average molecular weight is 582 g/mol. The van der Waals surface area contributed by atoms with Crippen molar-refractivity contribution in [3.8, 4) is 22.6 Å². The third-order valence-electron chi connectivity index (χ3n) is 5.03. The van der Waals surface area contributed by atoms with Gasteiger partial charge in [-0.2, -0.15) is 0 Å². The van der Waals surface area contributed by atoms with E-state index in [1.54, 1.807) is 47.2 Å². The molecule has 0 aliphatic heterocycles. The third kappa shape index (κ3) is 7.10. The Morgan fingerprint density at radius 3 is 2.34 bits per heavy atom. The summed E-state index contributed by atoms with van der Waals surface area (Å²) in [6, 6.07) is 18.2. The van der Waals surface area contributed by atoms with Crippen molar-refractivity contribution in [2.75, 3.05) is 0 Å². The van der Waals surface area contributed by atoms with E-state index < -0.39 is 12.1 Å². The number of aryl methyl sites for hydroxylation is 1. The van der Waals surface area contributed by atoms with Crippen LogP contribution >= 0.6 is 15.9 Å². The predicted molar refractivity (Wildman–Crippen MR) is 138 cm³/mol. The molecule has 192 valence electrons. The Balaban J connectivity index is 0.000000360. The van der Waals surface area contributed by atoms with Crippen LogP contribution in [0.15, 0.2) is 102 Å². The van der Waals surface area contributed by atoms with Crippen LogP contribution in [0.4, 0.5) is 13.2 Å². The lowest BCUT2D eigenvalue weighted by molar-refractivity contribution is -0.274. The van der Waals surface area contributed by atoms with Gasteiger partial charge in [0, 0.05) is 36.0 Å². The number of hydrogen-bond donors (Lipinski definition) is 0. The predicted octanol–water partition coefficient (Wildman–Crippen LogP) is 6.61. The third-order valence-corrected chi connectivity index (χ3v) is 5.47. The SMILES string of the molecule is Cc1ccnc(Br)c1.O=C(c1cn(-c2cccc(-c3ccccc3OC(F)(F)F)c2)cn1)c1ncccn1. The minimum atomic E-state index is -4.80. The molecule has 0 fully saturated rings. The lowest BCUT2D eigenvalue weighted by Crippen LogP contribution is -2.17. The summed E-state index contributed by atoms with van der Waals surface area (Å²) in [5.74, 6) is -0.714. The van der Waals surface area contributed by atoms with Crippen LogP contribution in [0.3, 0.4) is 0 Å². The molecule has 0 aliphatic rings. The van der Waals surface area contributed by atoms with Gasteiger partial charge in [0.2, 0.25) is 11.6 Å². The molecular weight excluding hydrogens is 563 g/mol. The highest BCUT2D eigenvalue weighted by Gasteiger charge is 2.32. The Morgan fingerprint density at radius 2 is 1.66 bits per heavy atom. The minimum absolute atomic E-state index is 0.0229. The van der Waals surface area contributed by atoms with Gasteiger partial charge in [0.05, 0.1) is 0 Å². The van der Waals surface area contributed by atoms with Gasteiger partial charge in [0.1, 0.15) is 22.4 Å². The minimum Gasteiger partial charge on any atom is -0.405 e. The molecule has 0 atom stereocenters. The van der Waals surface area contributed by atoms with E-state index in [4.69, 9.17) is 0 Å². The smallest absolute Gasteiger partial charge is 0.405 e. The average Bonchev–Trinajstić information content (AvgIpc) is 3.39. The molecule has 0 aliphatic carbocycles. The highest BCUT2D eigenvalue weighted by atomic mass is 79.9. The van der Waals surface area contributed by atoms with Crippen molar-refractivity contribution in [1.82, 2.24) is 24.5 Å². The van der Waals surface area contributed by atoms with Gasteiger partial charge in [-0.3, -0.25) is 4.79 Å². The van der Waals surface area contributed by atoms with Gasteiger partial charge in [0.25, 0.3) is 0 Å². The second kappa shape index (κ2) is 11.8. The number of imidazole rings is 1. The first-order valence-corrected chi connectivity index (χ1v) is 11.9. The number of pyridine rings is 1. The molecule has 7 nitrogen and oxygen atoms in total. The number of hydrogen-bond acceptors (Lipinski definition) is 6. The number of aromatic nitrogens is 5. The van der Waals surface area contributed by atoms with Gasteiger partial charge in [-0.25, -0.2) is 19.9 Å². The Labute approximate surface area is 224 Å². The van der Waals surface area contributed by atoms with Crippen molar-refractivity contribution < 1.29 is 22.7 Å². The molecule has 0 bridgehead atoms. The quantitative estimate of drug-likeness (QED) is 0.171. The van der Waals surface area contributed by atoms with E-state index in [0.717, 1.165) is 4.60 Å². The number of benzene rings is 2. The van der Waals surface area contributed by atoms with Crippen molar-refractivity contribution in [2.24, 2.45) is 0 Å². The molecule has 0 spiro atoms. The fourth-order valence-corrected chi connectivity index (χ4v) is 3.84. The number of nitrogens with zero attached hydrogens (tertiary/aromatic N) is 5. The summed E-state index contributed by atoms with van der Waals surface area (Å²) < 4.78 is 44.8. The van der Waals surface area contributed by atoms with E-state index in [1.165, 1.54) is 48.7 Å². The fourth-order valence-electron chi connectivity index (χ4n) is 3.36. The molecule has 0 N–H and O–H groups in total. The Morgan fingerprint density at radius 1 is 0.895 bits per heavy atom. The number of halogens is 4. The molecule has 5 rings (SSSR count). The fraction of sp³-hybridized carbons (Fsp3) is 0.0741. The summed E-state index contributed by atoms with van der Waals surface area (Å²) in [7, 11) is 0. The maximum Gasteiger partial charge on any atom is 0.573 e. The van der Waals surface area contributed by atoms with Crippen LogP contribution in [0.5, 0.6) is 5.75 Å². The van der Waals surface area contributed by atoms with E-state index in [1.807, 2.05) is 19.1 Å². The highest BCUT2D eigenvalue weighted by molar-refractivity contribution is 9.10. The first kappa shape index (κ1) is 26.7. The second-order valence-corrected chi connectivity index (χ2v) is 8.63. The van der Waals surface area contributed by atoms with Crippen LogP contribution in [0.1, 0.15) is 21.9 Å². The van der Waals surface area contributed by atoms with E-state index in [-0.39, 0.29) is 22.8 Å². The topological polar surface area (TPSA) is 82.8 Å². The molecular formula is C27H19BrF3N5O2.